The first kappa shape index (κ1) is 10.1. The second kappa shape index (κ2) is 4.45. The summed E-state index contributed by atoms with van der Waals surface area (Å²) in [4.78, 5) is 0. The Labute approximate surface area is 94.0 Å². The predicted molar refractivity (Wildman–Crippen MR) is 63.9 cm³/mol. The Hall–Kier alpha value is -0.0400. The summed E-state index contributed by atoms with van der Waals surface area (Å²) in [7, 11) is 0. The molecule has 0 radical (unpaired) electrons. The van der Waals surface area contributed by atoms with Gasteiger partial charge in [0.1, 0.15) is 0 Å². The number of hydrogen-bond donors (Lipinski definition) is 1. The quantitative estimate of drug-likeness (QED) is 0.649. The molecule has 0 spiro atoms. The monoisotopic (exact) mass is 207 g/mol. The first-order valence-electron chi connectivity index (χ1n) is 7.19. The van der Waals surface area contributed by atoms with Crippen molar-refractivity contribution in [2.75, 3.05) is 0 Å². The molecule has 1 saturated carbocycles. The lowest BCUT2D eigenvalue weighted by Crippen LogP contribution is -2.43. The molecule has 3 fully saturated rings. The van der Waals surface area contributed by atoms with Gasteiger partial charge >= 0.3 is 0 Å². The van der Waals surface area contributed by atoms with Gasteiger partial charge in [-0.25, -0.2) is 0 Å². The van der Waals surface area contributed by atoms with Crippen LogP contribution in [0.2, 0.25) is 0 Å². The number of piperidine rings is 1. The number of nitrogens with one attached hydrogen (secondary N) is 1. The average molecular weight is 207 g/mol. The predicted octanol–water partition coefficient (Wildman–Crippen LogP) is 3.49. The van der Waals surface area contributed by atoms with Gasteiger partial charge in [0.05, 0.1) is 0 Å². The molecule has 1 nitrogen and oxygen atoms in total. The molecule has 3 aliphatic rings. The van der Waals surface area contributed by atoms with Gasteiger partial charge in [0.25, 0.3) is 0 Å². The zero-order chi connectivity index (χ0) is 10.1. The third-order valence-electron chi connectivity index (χ3n) is 5.15. The van der Waals surface area contributed by atoms with E-state index in [9.17, 15) is 0 Å². The fourth-order valence-corrected chi connectivity index (χ4v) is 4.31. The minimum atomic E-state index is 0.900. The molecule has 15 heavy (non-hydrogen) atoms. The third kappa shape index (κ3) is 2.08. The molecule has 1 heteroatoms. The minimum Gasteiger partial charge on any atom is -0.311 e. The fraction of sp³-hybridized carbons (Fsp3) is 1.00. The molecular weight excluding hydrogens is 182 g/mol. The SMILES string of the molecule is C1CCCC(C2CCC3CCC2N3)CC1. The molecule has 2 saturated heterocycles. The van der Waals surface area contributed by atoms with Gasteiger partial charge in [-0.1, -0.05) is 38.5 Å². The van der Waals surface area contributed by atoms with E-state index in [-0.39, 0.29) is 0 Å². The van der Waals surface area contributed by atoms with Crippen molar-refractivity contribution >= 4 is 0 Å². The van der Waals surface area contributed by atoms with Gasteiger partial charge in [0.2, 0.25) is 0 Å². The number of rotatable bonds is 1. The molecule has 2 heterocycles. The Morgan fingerprint density at radius 2 is 1.40 bits per heavy atom. The molecule has 0 aromatic carbocycles. The summed E-state index contributed by atoms with van der Waals surface area (Å²) in [6.45, 7) is 0. The summed E-state index contributed by atoms with van der Waals surface area (Å²) < 4.78 is 0. The molecule has 1 N–H and O–H groups in total. The summed E-state index contributed by atoms with van der Waals surface area (Å²) in [5.74, 6) is 2.12. The van der Waals surface area contributed by atoms with E-state index < -0.39 is 0 Å². The van der Waals surface area contributed by atoms with Crippen LogP contribution in [0.5, 0.6) is 0 Å². The van der Waals surface area contributed by atoms with E-state index in [1.807, 2.05) is 0 Å². The van der Waals surface area contributed by atoms with E-state index in [2.05, 4.69) is 5.32 Å². The highest BCUT2D eigenvalue weighted by Gasteiger charge is 2.38. The van der Waals surface area contributed by atoms with Crippen LogP contribution in [0.1, 0.15) is 64.2 Å². The Bertz CT molecular complexity index is 205. The van der Waals surface area contributed by atoms with Crippen LogP contribution in [0.25, 0.3) is 0 Å². The van der Waals surface area contributed by atoms with E-state index >= 15 is 0 Å². The topological polar surface area (TPSA) is 12.0 Å². The normalized spacial score (nSPS) is 42.8. The van der Waals surface area contributed by atoms with Crippen LogP contribution in [0.4, 0.5) is 0 Å². The Balaban J connectivity index is 1.64. The lowest BCUT2D eigenvalue weighted by molar-refractivity contribution is 0.188. The first-order valence-corrected chi connectivity index (χ1v) is 7.19. The Morgan fingerprint density at radius 1 is 0.667 bits per heavy atom. The van der Waals surface area contributed by atoms with Crippen LogP contribution in [0.3, 0.4) is 0 Å². The maximum Gasteiger partial charge on any atom is 0.0101 e. The molecule has 3 atom stereocenters. The molecule has 86 valence electrons. The first-order chi connectivity index (χ1) is 7.43. The van der Waals surface area contributed by atoms with Crippen LogP contribution in [0.15, 0.2) is 0 Å². The van der Waals surface area contributed by atoms with E-state index in [4.69, 9.17) is 0 Å². The maximum absolute atomic E-state index is 3.86. The van der Waals surface area contributed by atoms with E-state index in [0.717, 1.165) is 23.9 Å². The smallest absolute Gasteiger partial charge is 0.0101 e. The molecule has 0 aromatic heterocycles. The fourth-order valence-electron chi connectivity index (χ4n) is 4.31. The number of hydrogen-bond acceptors (Lipinski definition) is 1. The van der Waals surface area contributed by atoms with Gasteiger partial charge in [0, 0.05) is 12.1 Å². The van der Waals surface area contributed by atoms with Crippen molar-refractivity contribution < 1.29 is 0 Å². The molecule has 0 amide bonds. The summed E-state index contributed by atoms with van der Waals surface area (Å²) in [5, 5.41) is 3.86. The molecule has 3 rings (SSSR count). The summed E-state index contributed by atoms with van der Waals surface area (Å²) in [6.07, 6.45) is 15.0. The van der Waals surface area contributed by atoms with Crippen molar-refractivity contribution in [3.05, 3.63) is 0 Å². The summed E-state index contributed by atoms with van der Waals surface area (Å²) in [6, 6.07) is 1.81. The lowest BCUT2D eigenvalue weighted by Gasteiger charge is -2.36. The van der Waals surface area contributed by atoms with E-state index in [1.165, 1.54) is 64.2 Å². The number of fused-ring (bicyclic) bond motifs is 2. The van der Waals surface area contributed by atoms with Gasteiger partial charge in [-0.05, 0) is 37.5 Å². The average Bonchev–Trinajstić information content (AvgIpc) is 2.51. The van der Waals surface area contributed by atoms with Crippen molar-refractivity contribution in [2.24, 2.45) is 11.8 Å². The van der Waals surface area contributed by atoms with E-state index in [1.54, 1.807) is 0 Å². The van der Waals surface area contributed by atoms with Crippen molar-refractivity contribution in [2.45, 2.75) is 76.3 Å². The molecule has 3 unspecified atom stereocenters. The summed E-state index contributed by atoms with van der Waals surface area (Å²) in [5.41, 5.74) is 0. The van der Waals surface area contributed by atoms with Crippen molar-refractivity contribution in [3.8, 4) is 0 Å². The molecule has 1 aliphatic carbocycles. The van der Waals surface area contributed by atoms with Crippen LogP contribution in [-0.2, 0) is 0 Å². The van der Waals surface area contributed by atoms with Gasteiger partial charge in [-0.2, -0.15) is 0 Å². The van der Waals surface area contributed by atoms with Crippen molar-refractivity contribution in [1.82, 2.24) is 5.32 Å². The zero-order valence-electron chi connectivity index (χ0n) is 9.88. The molecule has 2 bridgehead atoms. The third-order valence-corrected chi connectivity index (χ3v) is 5.15. The second-order valence-corrected chi connectivity index (χ2v) is 6.04. The van der Waals surface area contributed by atoms with Crippen LogP contribution in [0, 0.1) is 11.8 Å². The largest absolute Gasteiger partial charge is 0.311 e. The standard InChI is InChI=1S/C14H25N/c1-2-4-6-11(5-3-1)13-9-7-12-8-10-14(13)15-12/h11-15H,1-10H2. The van der Waals surface area contributed by atoms with Crippen molar-refractivity contribution in [3.63, 3.8) is 0 Å². The zero-order valence-corrected chi connectivity index (χ0v) is 9.88. The highest BCUT2D eigenvalue weighted by atomic mass is 15.0. The molecule has 0 aromatic rings. The Kier molecular flexibility index (Phi) is 3.01. The maximum atomic E-state index is 3.86. The van der Waals surface area contributed by atoms with Crippen molar-refractivity contribution in [1.29, 1.82) is 0 Å². The second-order valence-electron chi connectivity index (χ2n) is 6.04. The van der Waals surface area contributed by atoms with Crippen LogP contribution >= 0.6 is 0 Å². The summed E-state index contributed by atoms with van der Waals surface area (Å²) >= 11 is 0. The molecule has 2 aliphatic heterocycles. The highest BCUT2D eigenvalue weighted by molar-refractivity contribution is 4.95. The van der Waals surface area contributed by atoms with Gasteiger partial charge in [-0.15, -0.1) is 0 Å². The van der Waals surface area contributed by atoms with E-state index in [0.29, 0.717) is 0 Å². The van der Waals surface area contributed by atoms with Crippen LogP contribution < -0.4 is 5.32 Å². The van der Waals surface area contributed by atoms with Crippen LogP contribution in [-0.4, -0.2) is 12.1 Å². The molecular formula is C14H25N. The minimum absolute atomic E-state index is 0.900. The van der Waals surface area contributed by atoms with Gasteiger partial charge in [-0.3, -0.25) is 0 Å². The lowest BCUT2D eigenvalue weighted by atomic mass is 9.77. The van der Waals surface area contributed by atoms with Gasteiger partial charge < -0.3 is 5.32 Å². The van der Waals surface area contributed by atoms with Gasteiger partial charge in [0.15, 0.2) is 0 Å². The Morgan fingerprint density at radius 3 is 2.20 bits per heavy atom. The highest BCUT2D eigenvalue weighted by Crippen LogP contribution is 2.40.